The SMILES string of the molecule is CCOC(=O)c1ccc(N)cc1OC(C#N)CC. The van der Waals surface area contributed by atoms with Gasteiger partial charge in [0.05, 0.1) is 6.61 Å². The lowest BCUT2D eigenvalue weighted by Crippen LogP contribution is -2.16. The van der Waals surface area contributed by atoms with Crippen LogP contribution in [0.5, 0.6) is 5.75 Å². The lowest BCUT2D eigenvalue weighted by molar-refractivity contribution is 0.0520. The minimum absolute atomic E-state index is 0.276. The molecule has 0 aliphatic heterocycles. The largest absolute Gasteiger partial charge is 0.475 e. The first-order valence-electron chi connectivity index (χ1n) is 5.75. The van der Waals surface area contributed by atoms with Crippen LogP contribution >= 0.6 is 0 Å². The quantitative estimate of drug-likeness (QED) is 0.637. The van der Waals surface area contributed by atoms with E-state index in [0.717, 1.165) is 0 Å². The highest BCUT2D eigenvalue weighted by atomic mass is 16.5. The maximum Gasteiger partial charge on any atom is 0.341 e. The number of benzene rings is 1. The molecule has 96 valence electrons. The Labute approximate surface area is 106 Å². The van der Waals surface area contributed by atoms with E-state index in [-0.39, 0.29) is 17.9 Å². The Balaban J connectivity index is 3.04. The molecule has 1 atom stereocenters. The van der Waals surface area contributed by atoms with Gasteiger partial charge in [0.25, 0.3) is 0 Å². The Morgan fingerprint density at radius 3 is 2.78 bits per heavy atom. The summed E-state index contributed by atoms with van der Waals surface area (Å²) in [7, 11) is 0. The molecule has 0 saturated carbocycles. The van der Waals surface area contributed by atoms with Gasteiger partial charge >= 0.3 is 5.97 Å². The predicted octanol–water partition coefficient (Wildman–Crippen LogP) is 2.13. The molecule has 0 spiro atoms. The Kier molecular flexibility index (Phi) is 5.00. The topological polar surface area (TPSA) is 85.3 Å². The molecule has 1 rings (SSSR count). The van der Waals surface area contributed by atoms with Crippen LogP contribution in [0.1, 0.15) is 30.6 Å². The van der Waals surface area contributed by atoms with E-state index in [1.165, 1.54) is 12.1 Å². The van der Waals surface area contributed by atoms with E-state index < -0.39 is 12.1 Å². The van der Waals surface area contributed by atoms with Crippen LogP contribution in [0.3, 0.4) is 0 Å². The molecule has 0 fully saturated rings. The highest BCUT2D eigenvalue weighted by Gasteiger charge is 2.17. The Morgan fingerprint density at radius 1 is 1.50 bits per heavy atom. The molecule has 0 radical (unpaired) electrons. The summed E-state index contributed by atoms with van der Waals surface area (Å²) in [5.74, 6) is -0.206. The number of hydrogen-bond donors (Lipinski definition) is 1. The number of nitriles is 1. The molecule has 1 aromatic carbocycles. The van der Waals surface area contributed by atoms with E-state index >= 15 is 0 Å². The molecular weight excluding hydrogens is 232 g/mol. The first kappa shape index (κ1) is 13.8. The molecule has 5 nitrogen and oxygen atoms in total. The minimum Gasteiger partial charge on any atom is -0.475 e. The standard InChI is InChI=1S/C13H16N2O3/c1-3-10(8-14)18-12-7-9(15)5-6-11(12)13(16)17-4-2/h5-7,10H,3-4,15H2,1-2H3. The second-order valence-corrected chi connectivity index (χ2v) is 3.62. The summed E-state index contributed by atoms with van der Waals surface area (Å²) in [5.41, 5.74) is 6.39. The maximum absolute atomic E-state index is 11.7. The maximum atomic E-state index is 11.7. The Hall–Kier alpha value is -2.22. The van der Waals surface area contributed by atoms with Gasteiger partial charge in [0.2, 0.25) is 0 Å². The average molecular weight is 248 g/mol. The van der Waals surface area contributed by atoms with Gasteiger partial charge in [-0.3, -0.25) is 0 Å². The Bertz CT molecular complexity index is 466. The summed E-state index contributed by atoms with van der Waals surface area (Å²) < 4.78 is 10.4. The van der Waals surface area contributed by atoms with Gasteiger partial charge in [-0.05, 0) is 25.5 Å². The molecule has 0 aliphatic carbocycles. The van der Waals surface area contributed by atoms with E-state index in [4.69, 9.17) is 20.5 Å². The lowest BCUT2D eigenvalue weighted by atomic mass is 10.1. The zero-order chi connectivity index (χ0) is 13.5. The third-order valence-electron chi connectivity index (χ3n) is 2.29. The summed E-state index contributed by atoms with van der Waals surface area (Å²) in [6.07, 6.45) is -0.0897. The van der Waals surface area contributed by atoms with Crippen LogP contribution in [0.4, 0.5) is 5.69 Å². The number of ether oxygens (including phenoxy) is 2. The van der Waals surface area contributed by atoms with Gasteiger partial charge in [-0.25, -0.2) is 4.79 Å². The number of nitrogens with zero attached hydrogens (tertiary/aromatic N) is 1. The first-order chi connectivity index (χ1) is 8.62. The number of rotatable bonds is 5. The summed E-state index contributed by atoms with van der Waals surface area (Å²) in [6.45, 7) is 3.82. The van der Waals surface area contributed by atoms with E-state index in [1.807, 2.05) is 13.0 Å². The summed E-state index contributed by atoms with van der Waals surface area (Å²) in [6, 6.07) is 6.65. The van der Waals surface area contributed by atoms with Crippen LogP contribution in [-0.4, -0.2) is 18.7 Å². The van der Waals surface area contributed by atoms with Crippen LogP contribution in [0.2, 0.25) is 0 Å². The predicted molar refractivity (Wildman–Crippen MR) is 67.1 cm³/mol. The van der Waals surface area contributed by atoms with Crippen molar-refractivity contribution in [3.8, 4) is 11.8 Å². The van der Waals surface area contributed by atoms with E-state index in [0.29, 0.717) is 12.1 Å². The van der Waals surface area contributed by atoms with Crippen molar-refractivity contribution in [2.24, 2.45) is 0 Å². The van der Waals surface area contributed by atoms with Crippen molar-refractivity contribution < 1.29 is 14.3 Å². The van der Waals surface area contributed by atoms with Gasteiger partial charge < -0.3 is 15.2 Å². The molecule has 0 saturated heterocycles. The summed E-state index contributed by atoms with van der Waals surface area (Å²) in [5, 5.41) is 8.87. The average Bonchev–Trinajstić information content (AvgIpc) is 2.36. The van der Waals surface area contributed by atoms with Gasteiger partial charge in [0, 0.05) is 11.8 Å². The fourth-order valence-corrected chi connectivity index (χ4v) is 1.37. The second-order valence-electron chi connectivity index (χ2n) is 3.62. The lowest BCUT2D eigenvalue weighted by Gasteiger charge is -2.14. The molecule has 0 heterocycles. The molecule has 0 aromatic heterocycles. The van der Waals surface area contributed by atoms with Crippen molar-refractivity contribution >= 4 is 11.7 Å². The van der Waals surface area contributed by atoms with Gasteiger partial charge in [0.15, 0.2) is 6.10 Å². The Morgan fingerprint density at radius 2 is 2.22 bits per heavy atom. The van der Waals surface area contributed by atoms with Crippen molar-refractivity contribution in [1.82, 2.24) is 0 Å². The third-order valence-corrected chi connectivity index (χ3v) is 2.29. The number of hydrogen-bond acceptors (Lipinski definition) is 5. The molecule has 1 unspecified atom stereocenters. The molecule has 2 N–H and O–H groups in total. The molecule has 0 aliphatic rings. The highest BCUT2D eigenvalue weighted by molar-refractivity contribution is 5.93. The van der Waals surface area contributed by atoms with Crippen molar-refractivity contribution in [1.29, 1.82) is 5.26 Å². The van der Waals surface area contributed by atoms with Crippen LogP contribution in [0.15, 0.2) is 18.2 Å². The normalized spacial score (nSPS) is 11.4. The molecular formula is C13H16N2O3. The van der Waals surface area contributed by atoms with Crippen LogP contribution in [-0.2, 0) is 4.74 Å². The number of nitrogens with two attached hydrogens (primary N) is 1. The number of anilines is 1. The summed E-state index contributed by atoms with van der Waals surface area (Å²) >= 11 is 0. The molecule has 0 amide bonds. The van der Waals surface area contributed by atoms with Gasteiger partial charge in [-0.15, -0.1) is 0 Å². The van der Waals surface area contributed by atoms with Crippen molar-refractivity contribution in [2.45, 2.75) is 26.4 Å². The molecule has 0 bridgehead atoms. The van der Waals surface area contributed by atoms with E-state index in [1.54, 1.807) is 13.0 Å². The third kappa shape index (κ3) is 3.39. The van der Waals surface area contributed by atoms with Crippen molar-refractivity contribution in [3.63, 3.8) is 0 Å². The molecule has 1 aromatic rings. The fraction of sp³-hybridized carbons (Fsp3) is 0.385. The van der Waals surface area contributed by atoms with Gasteiger partial charge in [-0.2, -0.15) is 5.26 Å². The molecule has 5 heteroatoms. The molecule has 18 heavy (non-hydrogen) atoms. The van der Waals surface area contributed by atoms with E-state index in [9.17, 15) is 4.79 Å². The van der Waals surface area contributed by atoms with Crippen LogP contribution < -0.4 is 10.5 Å². The van der Waals surface area contributed by atoms with Crippen molar-refractivity contribution in [2.75, 3.05) is 12.3 Å². The minimum atomic E-state index is -0.611. The van der Waals surface area contributed by atoms with Gasteiger partial charge in [-0.1, -0.05) is 6.92 Å². The smallest absolute Gasteiger partial charge is 0.341 e. The van der Waals surface area contributed by atoms with Crippen LogP contribution in [0.25, 0.3) is 0 Å². The number of nitrogen functional groups attached to an aromatic ring is 1. The zero-order valence-electron chi connectivity index (χ0n) is 10.5. The first-order valence-corrected chi connectivity index (χ1v) is 5.75. The second kappa shape index (κ2) is 6.50. The van der Waals surface area contributed by atoms with Crippen LogP contribution in [0, 0.1) is 11.3 Å². The summed E-state index contributed by atoms with van der Waals surface area (Å²) in [4.78, 5) is 11.7. The highest BCUT2D eigenvalue weighted by Crippen LogP contribution is 2.24. The van der Waals surface area contributed by atoms with Gasteiger partial charge in [0.1, 0.15) is 17.4 Å². The zero-order valence-corrected chi connectivity index (χ0v) is 10.5. The fourth-order valence-electron chi connectivity index (χ4n) is 1.37. The monoisotopic (exact) mass is 248 g/mol. The number of esters is 1. The number of carbonyl (C=O) groups is 1. The van der Waals surface area contributed by atoms with Crippen molar-refractivity contribution in [3.05, 3.63) is 23.8 Å². The number of carbonyl (C=O) groups excluding carboxylic acids is 1. The van der Waals surface area contributed by atoms with E-state index in [2.05, 4.69) is 0 Å².